The molecule has 1 aliphatic carbocycles. The molecule has 3 atom stereocenters. The van der Waals surface area contributed by atoms with E-state index < -0.39 is 5.60 Å². The molecule has 0 spiro atoms. The molecule has 2 nitrogen and oxygen atoms in total. The van der Waals surface area contributed by atoms with Gasteiger partial charge >= 0.3 is 0 Å². The Morgan fingerprint density at radius 1 is 1.50 bits per heavy atom. The van der Waals surface area contributed by atoms with E-state index in [-0.39, 0.29) is 5.60 Å². The van der Waals surface area contributed by atoms with Gasteiger partial charge in [-0.05, 0) is 46.0 Å². The van der Waals surface area contributed by atoms with E-state index in [1.54, 1.807) is 0 Å². The lowest BCUT2D eigenvalue weighted by molar-refractivity contribution is 0.00186. The van der Waals surface area contributed by atoms with Crippen LogP contribution in [0.2, 0.25) is 0 Å². The summed E-state index contributed by atoms with van der Waals surface area (Å²) in [6.07, 6.45) is 3.70. The smallest absolute Gasteiger partial charge is 0.0920 e. The number of aliphatic hydroxyl groups is 1. The van der Waals surface area contributed by atoms with Crippen LogP contribution in [0.25, 0.3) is 0 Å². The van der Waals surface area contributed by atoms with Gasteiger partial charge in [-0.3, -0.25) is 0 Å². The maximum Gasteiger partial charge on any atom is 0.0920 e. The molecule has 0 amide bonds. The van der Waals surface area contributed by atoms with Crippen molar-refractivity contribution in [1.82, 2.24) is 0 Å². The number of epoxide rings is 1. The summed E-state index contributed by atoms with van der Waals surface area (Å²) in [4.78, 5) is 0. The highest BCUT2D eigenvalue weighted by molar-refractivity contribution is 5.05. The van der Waals surface area contributed by atoms with Crippen LogP contribution in [0.5, 0.6) is 0 Å². The Balaban J connectivity index is 1.98. The molecule has 12 heavy (non-hydrogen) atoms. The van der Waals surface area contributed by atoms with Crippen molar-refractivity contribution in [3.05, 3.63) is 0 Å². The predicted octanol–water partition coefficient (Wildman–Crippen LogP) is 1.71. The molecule has 0 aromatic rings. The van der Waals surface area contributed by atoms with Crippen molar-refractivity contribution in [2.75, 3.05) is 0 Å². The van der Waals surface area contributed by atoms with Crippen molar-refractivity contribution in [2.45, 2.75) is 57.3 Å². The molecule has 0 aromatic heterocycles. The van der Waals surface area contributed by atoms with E-state index in [0.29, 0.717) is 12.0 Å². The molecule has 1 N–H and O–H groups in total. The Kier molecular flexibility index (Phi) is 1.59. The number of hydrogen-bond donors (Lipinski definition) is 1. The van der Waals surface area contributed by atoms with Crippen LogP contribution >= 0.6 is 0 Å². The molecule has 70 valence electrons. The lowest BCUT2D eigenvalue weighted by Crippen LogP contribution is -2.36. The van der Waals surface area contributed by atoms with E-state index in [1.807, 2.05) is 13.8 Å². The minimum Gasteiger partial charge on any atom is -0.390 e. The third-order valence-electron chi connectivity index (χ3n) is 3.52. The summed E-state index contributed by atoms with van der Waals surface area (Å²) in [5.74, 6) is 0.429. The van der Waals surface area contributed by atoms with Gasteiger partial charge in [0.2, 0.25) is 0 Å². The van der Waals surface area contributed by atoms with Crippen LogP contribution in [0.1, 0.15) is 40.0 Å². The maximum atomic E-state index is 9.81. The Morgan fingerprint density at radius 2 is 2.17 bits per heavy atom. The summed E-state index contributed by atoms with van der Waals surface area (Å²) in [7, 11) is 0. The van der Waals surface area contributed by atoms with E-state index in [0.717, 1.165) is 19.3 Å². The molecule has 1 saturated carbocycles. The minimum atomic E-state index is -0.521. The van der Waals surface area contributed by atoms with Crippen LogP contribution in [0.4, 0.5) is 0 Å². The number of fused-ring (bicyclic) bond motifs is 1. The molecule has 0 bridgehead atoms. The van der Waals surface area contributed by atoms with Crippen LogP contribution in [0, 0.1) is 5.92 Å². The highest BCUT2D eigenvalue weighted by atomic mass is 16.6. The van der Waals surface area contributed by atoms with E-state index in [4.69, 9.17) is 4.74 Å². The van der Waals surface area contributed by atoms with Crippen molar-refractivity contribution < 1.29 is 9.84 Å². The van der Waals surface area contributed by atoms with Crippen molar-refractivity contribution in [3.8, 4) is 0 Å². The van der Waals surface area contributed by atoms with Gasteiger partial charge in [0, 0.05) is 0 Å². The Labute approximate surface area is 73.9 Å². The second-order valence-electron chi connectivity index (χ2n) is 5.04. The predicted molar refractivity (Wildman–Crippen MR) is 46.9 cm³/mol. The van der Waals surface area contributed by atoms with E-state index in [2.05, 4.69) is 6.92 Å². The van der Waals surface area contributed by atoms with Gasteiger partial charge in [0.1, 0.15) is 0 Å². The second kappa shape index (κ2) is 2.24. The summed E-state index contributed by atoms with van der Waals surface area (Å²) >= 11 is 0. The molecule has 0 aromatic carbocycles. The third kappa shape index (κ3) is 1.27. The Hall–Kier alpha value is -0.0800. The standard InChI is InChI=1S/C10H18O2/c1-9(2,11)7-4-5-10(3)8(6-7)12-10/h7-8,11H,4-6H2,1-3H3/t7-,8+,10-/m0/s1. The Bertz CT molecular complexity index is 195. The van der Waals surface area contributed by atoms with Gasteiger partial charge in [0.25, 0.3) is 0 Å². The lowest BCUT2D eigenvalue weighted by atomic mass is 9.75. The molecule has 0 radical (unpaired) electrons. The third-order valence-corrected chi connectivity index (χ3v) is 3.52. The molecular formula is C10H18O2. The molecular weight excluding hydrogens is 152 g/mol. The fourth-order valence-electron chi connectivity index (χ4n) is 2.29. The molecule has 2 fully saturated rings. The zero-order chi connectivity index (χ0) is 8.98. The first-order valence-electron chi connectivity index (χ1n) is 4.82. The number of rotatable bonds is 1. The normalized spacial score (nSPS) is 47.0. The lowest BCUT2D eigenvalue weighted by Gasteiger charge is -2.32. The first-order chi connectivity index (χ1) is 5.42. The van der Waals surface area contributed by atoms with E-state index in [1.165, 1.54) is 0 Å². The molecule has 2 heteroatoms. The first kappa shape index (κ1) is 8.52. The first-order valence-corrected chi connectivity index (χ1v) is 4.82. The Morgan fingerprint density at radius 3 is 2.67 bits per heavy atom. The van der Waals surface area contributed by atoms with Gasteiger partial charge in [0.15, 0.2) is 0 Å². The molecule has 2 aliphatic rings. The van der Waals surface area contributed by atoms with Crippen LogP contribution in [-0.4, -0.2) is 22.4 Å². The topological polar surface area (TPSA) is 32.8 Å². The summed E-state index contributed by atoms with van der Waals surface area (Å²) in [6.45, 7) is 5.99. The second-order valence-corrected chi connectivity index (χ2v) is 5.04. The van der Waals surface area contributed by atoms with Gasteiger partial charge in [-0.15, -0.1) is 0 Å². The molecule has 1 heterocycles. The van der Waals surface area contributed by atoms with Gasteiger partial charge in [-0.1, -0.05) is 0 Å². The van der Waals surface area contributed by atoms with Gasteiger partial charge < -0.3 is 9.84 Å². The molecule has 1 saturated heterocycles. The van der Waals surface area contributed by atoms with Crippen molar-refractivity contribution in [2.24, 2.45) is 5.92 Å². The number of hydrogen-bond acceptors (Lipinski definition) is 2. The fourth-order valence-corrected chi connectivity index (χ4v) is 2.29. The fraction of sp³-hybridized carbons (Fsp3) is 1.00. The molecule has 1 aliphatic heterocycles. The highest BCUT2D eigenvalue weighted by Crippen LogP contribution is 2.51. The van der Waals surface area contributed by atoms with E-state index >= 15 is 0 Å². The average molecular weight is 170 g/mol. The average Bonchev–Trinajstić information content (AvgIpc) is 2.56. The minimum absolute atomic E-state index is 0.182. The quantitative estimate of drug-likeness (QED) is 0.608. The maximum absolute atomic E-state index is 9.81. The SMILES string of the molecule is CC(C)(O)[C@H]1CC[C@]2(C)O[C@@H]2C1. The molecule has 0 unspecified atom stereocenters. The largest absolute Gasteiger partial charge is 0.390 e. The van der Waals surface area contributed by atoms with Crippen molar-refractivity contribution in [3.63, 3.8) is 0 Å². The van der Waals surface area contributed by atoms with Crippen LogP contribution in [0.15, 0.2) is 0 Å². The van der Waals surface area contributed by atoms with Crippen LogP contribution in [0.3, 0.4) is 0 Å². The summed E-state index contributed by atoms with van der Waals surface area (Å²) < 4.78 is 5.58. The van der Waals surface area contributed by atoms with Crippen molar-refractivity contribution in [1.29, 1.82) is 0 Å². The van der Waals surface area contributed by atoms with Gasteiger partial charge in [0.05, 0.1) is 17.3 Å². The summed E-state index contributed by atoms with van der Waals surface area (Å²) in [5.41, 5.74) is -0.338. The van der Waals surface area contributed by atoms with Gasteiger partial charge in [-0.25, -0.2) is 0 Å². The van der Waals surface area contributed by atoms with Crippen LogP contribution in [-0.2, 0) is 4.74 Å². The van der Waals surface area contributed by atoms with Crippen LogP contribution < -0.4 is 0 Å². The van der Waals surface area contributed by atoms with E-state index in [9.17, 15) is 5.11 Å². The monoisotopic (exact) mass is 170 g/mol. The van der Waals surface area contributed by atoms with Crippen molar-refractivity contribution >= 4 is 0 Å². The summed E-state index contributed by atoms with van der Waals surface area (Å²) in [5, 5.41) is 9.81. The highest BCUT2D eigenvalue weighted by Gasteiger charge is 2.56. The number of ether oxygens (including phenoxy) is 1. The zero-order valence-corrected chi connectivity index (χ0v) is 8.13. The van der Waals surface area contributed by atoms with Gasteiger partial charge in [-0.2, -0.15) is 0 Å². The molecule has 2 rings (SSSR count). The summed E-state index contributed by atoms with van der Waals surface area (Å²) in [6, 6.07) is 0. The zero-order valence-electron chi connectivity index (χ0n) is 8.13.